The van der Waals surface area contributed by atoms with Gasteiger partial charge < -0.3 is 9.84 Å². The van der Waals surface area contributed by atoms with Crippen LogP contribution < -0.4 is 0 Å². The first-order valence-corrected chi connectivity index (χ1v) is 7.64. The monoisotopic (exact) mass is 296 g/mol. The van der Waals surface area contributed by atoms with E-state index < -0.39 is 11.5 Å². The molecule has 0 heterocycles. The Morgan fingerprint density at radius 1 is 1.18 bits per heavy atom. The van der Waals surface area contributed by atoms with Crippen LogP contribution in [0.25, 0.3) is 0 Å². The average molecular weight is 296 g/mol. The largest absolute Gasteiger partial charge is 0.465 e. The van der Waals surface area contributed by atoms with Crippen LogP contribution in [0, 0.1) is 5.41 Å². The summed E-state index contributed by atoms with van der Waals surface area (Å²) in [5.74, 6) is -0.317. The number of carbonyl (C=O) groups is 1. The maximum absolute atomic E-state index is 12.7. The lowest BCUT2D eigenvalue weighted by molar-refractivity contribution is -0.162. The standard InChI is InChI=1S/C19H20O3/c1-2-22-18(21)19(12-14-8-4-3-5-9-14)13-15-10-6-7-11-16(15)17(19)20/h3-11,17,20H,2,12-13H2,1H3. The van der Waals surface area contributed by atoms with Gasteiger partial charge in [0, 0.05) is 0 Å². The van der Waals surface area contributed by atoms with Crippen molar-refractivity contribution in [3.63, 3.8) is 0 Å². The summed E-state index contributed by atoms with van der Waals surface area (Å²) in [5, 5.41) is 10.8. The van der Waals surface area contributed by atoms with E-state index in [2.05, 4.69) is 0 Å². The molecule has 3 rings (SSSR count). The lowest BCUT2D eigenvalue weighted by Gasteiger charge is -2.30. The lowest BCUT2D eigenvalue weighted by Crippen LogP contribution is -2.39. The predicted molar refractivity (Wildman–Crippen MR) is 84.3 cm³/mol. The zero-order chi connectivity index (χ0) is 15.6. The predicted octanol–water partition coefficient (Wildman–Crippen LogP) is 3.07. The third-order valence-corrected chi connectivity index (χ3v) is 4.42. The van der Waals surface area contributed by atoms with Gasteiger partial charge in [-0.1, -0.05) is 54.6 Å². The SMILES string of the molecule is CCOC(=O)C1(Cc2ccccc2)Cc2ccccc2C1O. The Morgan fingerprint density at radius 3 is 2.55 bits per heavy atom. The van der Waals surface area contributed by atoms with Gasteiger partial charge in [0.05, 0.1) is 12.7 Å². The lowest BCUT2D eigenvalue weighted by atomic mass is 9.77. The zero-order valence-corrected chi connectivity index (χ0v) is 12.7. The molecule has 0 fully saturated rings. The van der Waals surface area contributed by atoms with E-state index in [9.17, 15) is 9.90 Å². The Hall–Kier alpha value is -2.13. The summed E-state index contributed by atoms with van der Waals surface area (Å²) in [5.41, 5.74) is 1.97. The van der Waals surface area contributed by atoms with Crippen LogP contribution in [-0.2, 0) is 22.4 Å². The third kappa shape index (κ3) is 2.42. The van der Waals surface area contributed by atoms with E-state index in [0.717, 1.165) is 16.7 Å². The Morgan fingerprint density at radius 2 is 1.86 bits per heavy atom. The molecule has 0 amide bonds. The molecule has 0 bridgehead atoms. The molecule has 22 heavy (non-hydrogen) atoms. The molecule has 1 aliphatic rings. The first-order valence-electron chi connectivity index (χ1n) is 7.64. The first kappa shape index (κ1) is 14.8. The smallest absolute Gasteiger partial charge is 0.315 e. The van der Waals surface area contributed by atoms with Gasteiger partial charge in [-0.15, -0.1) is 0 Å². The van der Waals surface area contributed by atoms with E-state index in [1.54, 1.807) is 6.92 Å². The van der Waals surface area contributed by atoms with Crippen LogP contribution in [0.4, 0.5) is 0 Å². The molecule has 2 aromatic rings. The molecule has 114 valence electrons. The number of esters is 1. The molecule has 2 aromatic carbocycles. The average Bonchev–Trinajstić information content (AvgIpc) is 2.83. The number of rotatable bonds is 4. The van der Waals surface area contributed by atoms with Gasteiger partial charge in [0.25, 0.3) is 0 Å². The van der Waals surface area contributed by atoms with Crippen molar-refractivity contribution in [1.29, 1.82) is 0 Å². The molecule has 2 unspecified atom stereocenters. The topological polar surface area (TPSA) is 46.5 Å². The maximum atomic E-state index is 12.7. The number of carbonyl (C=O) groups excluding carboxylic acids is 1. The van der Waals surface area contributed by atoms with Crippen molar-refractivity contribution in [2.75, 3.05) is 6.61 Å². The molecule has 0 aliphatic heterocycles. The van der Waals surface area contributed by atoms with Crippen molar-refractivity contribution in [2.24, 2.45) is 5.41 Å². The molecule has 0 aromatic heterocycles. The van der Waals surface area contributed by atoms with Gasteiger partial charge in [-0.3, -0.25) is 4.79 Å². The second-order valence-electron chi connectivity index (χ2n) is 5.82. The molecule has 1 aliphatic carbocycles. The minimum absolute atomic E-state index is 0.317. The highest BCUT2D eigenvalue weighted by molar-refractivity contribution is 5.80. The van der Waals surface area contributed by atoms with Gasteiger partial charge in [0.1, 0.15) is 5.41 Å². The molecular weight excluding hydrogens is 276 g/mol. The van der Waals surface area contributed by atoms with Crippen LogP contribution >= 0.6 is 0 Å². The van der Waals surface area contributed by atoms with E-state index in [0.29, 0.717) is 19.4 Å². The summed E-state index contributed by atoms with van der Waals surface area (Å²) in [7, 11) is 0. The second-order valence-corrected chi connectivity index (χ2v) is 5.82. The Balaban J connectivity index is 2.01. The van der Waals surface area contributed by atoms with Crippen molar-refractivity contribution < 1.29 is 14.6 Å². The molecule has 0 spiro atoms. The van der Waals surface area contributed by atoms with E-state index in [1.807, 2.05) is 54.6 Å². The van der Waals surface area contributed by atoms with Gasteiger partial charge in [0.2, 0.25) is 0 Å². The van der Waals surface area contributed by atoms with Crippen molar-refractivity contribution in [1.82, 2.24) is 0 Å². The number of ether oxygens (including phenoxy) is 1. The van der Waals surface area contributed by atoms with Gasteiger partial charge in [-0.05, 0) is 36.5 Å². The van der Waals surface area contributed by atoms with Crippen molar-refractivity contribution >= 4 is 5.97 Å². The fraction of sp³-hybridized carbons (Fsp3) is 0.316. The fourth-order valence-corrected chi connectivity index (χ4v) is 3.35. The summed E-state index contributed by atoms with van der Waals surface area (Å²) in [6.07, 6.45) is 0.156. The van der Waals surface area contributed by atoms with Gasteiger partial charge >= 0.3 is 5.97 Å². The highest BCUT2D eigenvalue weighted by Crippen LogP contribution is 2.48. The van der Waals surface area contributed by atoms with Gasteiger partial charge in [-0.2, -0.15) is 0 Å². The summed E-state index contributed by atoms with van der Waals surface area (Å²) < 4.78 is 5.30. The quantitative estimate of drug-likeness (QED) is 0.882. The highest BCUT2D eigenvalue weighted by Gasteiger charge is 2.52. The summed E-state index contributed by atoms with van der Waals surface area (Å²) in [6, 6.07) is 17.5. The van der Waals surface area contributed by atoms with Crippen molar-refractivity contribution in [2.45, 2.75) is 25.9 Å². The Kier molecular flexibility index (Phi) is 3.99. The molecule has 0 saturated carbocycles. The number of aliphatic hydroxyl groups excluding tert-OH is 1. The molecule has 2 atom stereocenters. The Bertz CT molecular complexity index is 665. The van der Waals surface area contributed by atoms with E-state index in [4.69, 9.17) is 4.74 Å². The second kappa shape index (κ2) is 5.93. The molecule has 3 nitrogen and oxygen atoms in total. The fourth-order valence-electron chi connectivity index (χ4n) is 3.35. The number of hydrogen-bond donors (Lipinski definition) is 1. The highest BCUT2D eigenvalue weighted by atomic mass is 16.5. The van der Waals surface area contributed by atoms with Crippen LogP contribution in [0.3, 0.4) is 0 Å². The van der Waals surface area contributed by atoms with Crippen molar-refractivity contribution in [3.8, 4) is 0 Å². The summed E-state index contributed by atoms with van der Waals surface area (Å²) in [4.78, 5) is 12.7. The minimum Gasteiger partial charge on any atom is -0.465 e. The number of aliphatic hydroxyl groups is 1. The van der Waals surface area contributed by atoms with Gasteiger partial charge in [0.15, 0.2) is 0 Å². The molecule has 0 radical (unpaired) electrons. The van der Waals surface area contributed by atoms with E-state index >= 15 is 0 Å². The van der Waals surface area contributed by atoms with E-state index in [1.165, 1.54) is 0 Å². The summed E-state index contributed by atoms with van der Waals surface area (Å²) in [6.45, 7) is 2.11. The molecule has 0 saturated heterocycles. The minimum atomic E-state index is -0.930. The van der Waals surface area contributed by atoms with Crippen molar-refractivity contribution in [3.05, 3.63) is 71.3 Å². The zero-order valence-electron chi connectivity index (χ0n) is 12.7. The van der Waals surface area contributed by atoms with Crippen LogP contribution in [0.1, 0.15) is 29.7 Å². The number of hydrogen-bond acceptors (Lipinski definition) is 3. The van der Waals surface area contributed by atoms with Gasteiger partial charge in [-0.25, -0.2) is 0 Å². The normalized spacial score (nSPS) is 23.1. The van der Waals surface area contributed by atoms with Crippen LogP contribution in [0.15, 0.2) is 54.6 Å². The first-order chi connectivity index (χ1) is 10.7. The van der Waals surface area contributed by atoms with E-state index in [-0.39, 0.29) is 5.97 Å². The van der Waals surface area contributed by atoms with Crippen LogP contribution in [-0.4, -0.2) is 17.7 Å². The summed E-state index contributed by atoms with van der Waals surface area (Å²) >= 11 is 0. The molecular formula is C19H20O3. The Labute approximate surface area is 130 Å². The van der Waals surface area contributed by atoms with Crippen LogP contribution in [0.2, 0.25) is 0 Å². The number of benzene rings is 2. The molecule has 1 N–H and O–H groups in total. The molecule has 3 heteroatoms. The third-order valence-electron chi connectivity index (χ3n) is 4.42. The number of fused-ring (bicyclic) bond motifs is 1. The maximum Gasteiger partial charge on any atom is 0.315 e. The van der Waals surface area contributed by atoms with Crippen LogP contribution in [0.5, 0.6) is 0 Å².